The normalized spacial score (nSPS) is 9.75. The number of carbonyl (C=O) groups is 1. The SMILES string of the molecule is CCc1ccc(C(=O)O)nc1N. The first-order valence-corrected chi connectivity index (χ1v) is 3.63. The minimum atomic E-state index is -1.05. The molecule has 0 aromatic carbocycles. The molecule has 1 aromatic rings. The predicted octanol–water partition coefficient (Wildman–Crippen LogP) is 0.924. The minimum absolute atomic E-state index is 0.00954. The largest absolute Gasteiger partial charge is 0.477 e. The smallest absolute Gasteiger partial charge is 0.354 e. The third-order valence-electron chi connectivity index (χ3n) is 1.61. The fourth-order valence-corrected chi connectivity index (χ4v) is 0.922. The van der Waals surface area contributed by atoms with Crippen LogP contribution >= 0.6 is 0 Å². The van der Waals surface area contributed by atoms with E-state index < -0.39 is 5.97 Å². The number of hydrogen-bond donors (Lipinski definition) is 2. The number of nitrogens with zero attached hydrogens (tertiary/aromatic N) is 1. The van der Waals surface area contributed by atoms with Crippen molar-refractivity contribution in [3.63, 3.8) is 0 Å². The second kappa shape index (κ2) is 3.21. The molecule has 0 aliphatic heterocycles. The highest BCUT2D eigenvalue weighted by Gasteiger charge is 2.06. The Morgan fingerprint density at radius 2 is 2.33 bits per heavy atom. The van der Waals surface area contributed by atoms with Gasteiger partial charge in [0.15, 0.2) is 5.69 Å². The van der Waals surface area contributed by atoms with Gasteiger partial charge in [-0.15, -0.1) is 0 Å². The molecule has 4 heteroatoms. The Bertz CT molecular complexity index is 310. The molecule has 64 valence electrons. The molecule has 3 N–H and O–H groups in total. The average Bonchev–Trinajstić information content (AvgIpc) is 2.04. The van der Waals surface area contributed by atoms with Gasteiger partial charge in [0.25, 0.3) is 0 Å². The lowest BCUT2D eigenvalue weighted by atomic mass is 10.2. The fraction of sp³-hybridized carbons (Fsp3) is 0.250. The van der Waals surface area contributed by atoms with Crippen LogP contribution in [0.15, 0.2) is 12.1 Å². The number of aromatic carboxylic acids is 1. The summed E-state index contributed by atoms with van der Waals surface area (Å²) in [7, 11) is 0. The Labute approximate surface area is 70.0 Å². The van der Waals surface area contributed by atoms with Crippen LogP contribution in [-0.4, -0.2) is 16.1 Å². The molecule has 4 nitrogen and oxygen atoms in total. The van der Waals surface area contributed by atoms with Crippen LogP contribution in [0.1, 0.15) is 23.0 Å². The molecule has 1 aromatic heterocycles. The molecule has 0 aliphatic rings. The number of carboxylic acid groups (broad SMARTS) is 1. The van der Waals surface area contributed by atoms with Crippen molar-refractivity contribution in [2.45, 2.75) is 13.3 Å². The van der Waals surface area contributed by atoms with E-state index in [-0.39, 0.29) is 5.69 Å². The third-order valence-corrected chi connectivity index (χ3v) is 1.61. The van der Waals surface area contributed by atoms with Crippen molar-refractivity contribution in [3.05, 3.63) is 23.4 Å². The molecule has 0 bridgehead atoms. The summed E-state index contributed by atoms with van der Waals surface area (Å²) in [4.78, 5) is 14.2. The Morgan fingerprint density at radius 1 is 1.67 bits per heavy atom. The molecular weight excluding hydrogens is 156 g/mol. The Kier molecular flexibility index (Phi) is 2.28. The van der Waals surface area contributed by atoms with Crippen molar-refractivity contribution in [1.29, 1.82) is 0 Å². The molecule has 0 saturated carbocycles. The Balaban J connectivity index is 3.10. The van der Waals surface area contributed by atoms with Gasteiger partial charge in [-0.25, -0.2) is 9.78 Å². The van der Waals surface area contributed by atoms with Crippen molar-refractivity contribution < 1.29 is 9.90 Å². The quantitative estimate of drug-likeness (QED) is 0.685. The zero-order valence-electron chi connectivity index (χ0n) is 6.74. The van der Waals surface area contributed by atoms with E-state index >= 15 is 0 Å². The van der Waals surface area contributed by atoms with E-state index in [1.807, 2.05) is 6.92 Å². The summed E-state index contributed by atoms with van der Waals surface area (Å²) < 4.78 is 0. The molecule has 0 fully saturated rings. The number of anilines is 1. The molecule has 0 radical (unpaired) electrons. The monoisotopic (exact) mass is 166 g/mol. The number of aromatic nitrogens is 1. The molecule has 1 rings (SSSR count). The van der Waals surface area contributed by atoms with Crippen molar-refractivity contribution in [2.24, 2.45) is 0 Å². The number of nitrogen functional groups attached to an aromatic ring is 1. The van der Waals surface area contributed by atoms with E-state index in [0.717, 1.165) is 12.0 Å². The average molecular weight is 166 g/mol. The summed E-state index contributed by atoms with van der Waals surface area (Å²) in [6.45, 7) is 1.94. The molecule has 0 saturated heterocycles. The van der Waals surface area contributed by atoms with Gasteiger partial charge in [-0.05, 0) is 18.1 Å². The summed E-state index contributed by atoms with van der Waals surface area (Å²) in [6, 6.07) is 3.14. The van der Waals surface area contributed by atoms with Gasteiger partial charge in [0.05, 0.1) is 0 Å². The van der Waals surface area contributed by atoms with E-state index in [0.29, 0.717) is 5.82 Å². The van der Waals surface area contributed by atoms with Crippen molar-refractivity contribution in [1.82, 2.24) is 4.98 Å². The van der Waals surface area contributed by atoms with Crippen LogP contribution in [0.25, 0.3) is 0 Å². The lowest BCUT2D eigenvalue weighted by molar-refractivity contribution is 0.0690. The maximum Gasteiger partial charge on any atom is 0.354 e. The topological polar surface area (TPSA) is 76.2 Å². The van der Waals surface area contributed by atoms with E-state index in [2.05, 4.69) is 4.98 Å². The molecule has 1 heterocycles. The van der Waals surface area contributed by atoms with E-state index in [9.17, 15) is 4.79 Å². The van der Waals surface area contributed by atoms with Crippen LogP contribution in [-0.2, 0) is 6.42 Å². The highest BCUT2D eigenvalue weighted by atomic mass is 16.4. The lowest BCUT2D eigenvalue weighted by Gasteiger charge is -2.01. The number of carboxylic acids is 1. The van der Waals surface area contributed by atoms with Crippen LogP contribution in [0.2, 0.25) is 0 Å². The zero-order chi connectivity index (χ0) is 9.14. The van der Waals surface area contributed by atoms with Gasteiger partial charge in [-0.3, -0.25) is 0 Å². The maximum absolute atomic E-state index is 10.4. The van der Waals surface area contributed by atoms with E-state index in [4.69, 9.17) is 10.8 Å². The predicted molar refractivity (Wildman–Crippen MR) is 45.0 cm³/mol. The minimum Gasteiger partial charge on any atom is -0.477 e. The molecule has 0 atom stereocenters. The van der Waals surface area contributed by atoms with Gasteiger partial charge in [-0.1, -0.05) is 13.0 Å². The van der Waals surface area contributed by atoms with Gasteiger partial charge in [0.1, 0.15) is 5.82 Å². The highest BCUT2D eigenvalue weighted by molar-refractivity contribution is 5.85. The van der Waals surface area contributed by atoms with Gasteiger partial charge < -0.3 is 10.8 Å². The second-order valence-electron chi connectivity index (χ2n) is 2.40. The Hall–Kier alpha value is -1.58. The maximum atomic E-state index is 10.4. The van der Waals surface area contributed by atoms with Gasteiger partial charge in [0.2, 0.25) is 0 Å². The fourth-order valence-electron chi connectivity index (χ4n) is 0.922. The summed E-state index contributed by atoms with van der Waals surface area (Å²) in [5.74, 6) is -0.748. The van der Waals surface area contributed by atoms with Crippen LogP contribution in [0.4, 0.5) is 5.82 Å². The number of nitrogens with two attached hydrogens (primary N) is 1. The Morgan fingerprint density at radius 3 is 2.75 bits per heavy atom. The van der Waals surface area contributed by atoms with Crippen molar-refractivity contribution in [3.8, 4) is 0 Å². The summed E-state index contributed by atoms with van der Waals surface area (Å²) >= 11 is 0. The third kappa shape index (κ3) is 1.53. The second-order valence-corrected chi connectivity index (χ2v) is 2.40. The standard InChI is InChI=1S/C8H10N2O2/c1-2-5-3-4-6(8(11)12)10-7(5)9/h3-4H,2H2,1H3,(H2,9,10)(H,11,12). The molecule has 12 heavy (non-hydrogen) atoms. The molecule has 0 spiro atoms. The van der Waals surface area contributed by atoms with Crippen molar-refractivity contribution in [2.75, 3.05) is 5.73 Å². The number of rotatable bonds is 2. The first-order valence-electron chi connectivity index (χ1n) is 3.63. The molecule has 0 amide bonds. The first-order chi connectivity index (χ1) is 5.65. The van der Waals surface area contributed by atoms with E-state index in [1.165, 1.54) is 6.07 Å². The zero-order valence-corrected chi connectivity index (χ0v) is 6.74. The van der Waals surface area contributed by atoms with Gasteiger partial charge in [-0.2, -0.15) is 0 Å². The van der Waals surface area contributed by atoms with Crippen molar-refractivity contribution >= 4 is 11.8 Å². The van der Waals surface area contributed by atoms with Gasteiger partial charge >= 0.3 is 5.97 Å². The highest BCUT2D eigenvalue weighted by Crippen LogP contribution is 2.09. The van der Waals surface area contributed by atoms with Crippen LogP contribution in [0.5, 0.6) is 0 Å². The van der Waals surface area contributed by atoms with Crippen LogP contribution in [0.3, 0.4) is 0 Å². The molecule has 0 unspecified atom stereocenters. The van der Waals surface area contributed by atoms with Crippen LogP contribution < -0.4 is 5.73 Å². The lowest BCUT2D eigenvalue weighted by Crippen LogP contribution is -2.04. The number of aryl methyl sites for hydroxylation is 1. The molecular formula is C8H10N2O2. The number of pyridine rings is 1. The first kappa shape index (κ1) is 8.52. The summed E-state index contributed by atoms with van der Waals surface area (Å²) in [5.41, 5.74) is 6.36. The summed E-state index contributed by atoms with van der Waals surface area (Å²) in [6.07, 6.45) is 0.763. The van der Waals surface area contributed by atoms with E-state index in [1.54, 1.807) is 6.07 Å². The number of hydrogen-bond acceptors (Lipinski definition) is 3. The summed E-state index contributed by atoms with van der Waals surface area (Å²) in [5, 5.41) is 8.55. The molecule has 0 aliphatic carbocycles. The van der Waals surface area contributed by atoms with Crippen LogP contribution in [0, 0.1) is 0 Å². The van der Waals surface area contributed by atoms with Gasteiger partial charge in [0, 0.05) is 0 Å².